The summed E-state index contributed by atoms with van der Waals surface area (Å²) in [4.78, 5) is 4.53. The molecule has 0 bridgehead atoms. The van der Waals surface area contributed by atoms with E-state index in [0.717, 1.165) is 12.2 Å². The third kappa shape index (κ3) is 2.98. The maximum atomic E-state index is 5.32. The number of aromatic nitrogens is 2. The molecule has 1 aliphatic rings. The van der Waals surface area contributed by atoms with Gasteiger partial charge in [-0.3, -0.25) is 0 Å². The summed E-state index contributed by atoms with van der Waals surface area (Å²) in [5.74, 6) is 3.97. The molecule has 0 amide bonds. The first-order chi connectivity index (χ1) is 8.26. The lowest BCUT2D eigenvalue weighted by molar-refractivity contribution is 0.343. The number of hydrogen-bond acceptors (Lipinski definition) is 6. The molecular formula is C11H19N3OS2. The highest BCUT2D eigenvalue weighted by atomic mass is 32.2. The summed E-state index contributed by atoms with van der Waals surface area (Å²) in [6, 6.07) is 0.123. The molecular weight excluding hydrogens is 254 g/mol. The molecule has 1 aromatic heterocycles. The molecule has 0 spiro atoms. The van der Waals surface area contributed by atoms with Crippen LogP contribution >= 0.6 is 23.5 Å². The maximum absolute atomic E-state index is 5.32. The van der Waals surface area contributed by atoms with Gasteiger partial charge in [-0.2, -0.15) is 16.7 Å². The number of nitrogens with one attached hydrogen (secondary N) is 1. The Morgan fingerprint density at radius 1 is 1.47 bits per heavy atom. The Kier molecular flexibility index (Phi) is 4.76. The highest BCUT2D eigenvalue weighted by Crippen LogP contribution is 2.42. The standard InChI is InChI=1S/C11H19N3OS2/c1-4-8-9(17-6-5-16-8)10-13-11(15-14-10)7(2)12-3/h7-9,12H,4-6H2,1-3H3. The zero-order chi connectivity index (χ0) is 12.3. The van der Waals surface area contributed by atoms with Crippen LogP contribution in [-0.4, -0.2) is 33.9 Å². The Balaban J connectivity index is 2.12. The molecule has 17 heavy (non-hydrogen) atoms. The van der Waals surface area contributed by atoms with Crippen LogP contribution in [0.2, 0.25) is 0 Å². The molecule has 1 saturated heterocycles. The maximum Gasteiger partial charge on any atom is 0.243 e. The van der Waals surface area contributed by atoms with Crippen molar-refractivity contribution in [2.45, 2.75) is 36.8 Å². The van der Waals surface area contributed by atoms with E-state index >= 15 is 0 Å². The Morgan fingerprint density at radius 3 is 2.94 bits per heavy atom. The quantitative estimate of drug-likeness (QED) is 0.910. The molecule has 0 saturated carbocycles. The van der Waals surface area contributed by atoms with Gasteiger partial charge in [0.05, 0.1) is 11.3 Å². The van der Waals surface area contributed by atoms with Crippen molar-refractivity contribution in [3.63, 3.8) is 0 Å². The second-order valence-electron chi connectivity index (χ2n) is 4.11. The van der Waals surface area contributed by atoms with Crippen molar-refractivity contribution >= 4 is 23.5 Å². The highest BCUT2D eigenvalue weighted by Gasteiger charge is 2.30. The van der Waals surface area contributed by atoms with Gasteiger partial charge in [0.15, 0.2) is 5.82 Å². The third-order valence-electron chi connectivity index (χ3n) is 2.97. The van der Waals surface area contributed by atoms with E-state index < -0.39 is 0 Å². The van der Waals surface area contributed by atoms with Crippen molar-refractivity contribution in [3.8, 4) is 0 Å². The fraction of sp³-hybridized carbons (Fsp3) is 0.818. The first-order valence-electron chi connectivity index (χ1n) is 6.00. The van der Waals surface area contributed by atoms with E-state index in [1.165, 1.54) is 11.5 Å². The van der Waals surface area contributed by atoms with E-state index in [4.69, 9.17) is 4.52 Å². The Hall–Kier alpha value is -0.200. The van der Waals surface area contributed by atoms with Crippen LogP contribution in [0.4, 0.5) is 0 Å². The number of rotatable bonds is 4. The predicted molar refractivity (Wildman–Crippen MR) is 73.5 cm³/mol. The van der Waals surface area contributed by atoms with Gasteiger partial charge in [0, 0.05) is 16.8 Å². The summed E-state index contributed by atoms with van der Waals surface area (Å²) < 4.78 is 5.32. The van der Waals surface area contributed by atoms with E-state index in [1.807, 2.05) is 37.5 Å². The van der Waals surface area contributed by atoms with Crippen LogP contribution in [0, 0.1) is 0 Å². The molecule has 1 aliphatic heterocycles. The second-order valence-corrected chi connectivity index (χ2v) is 6.71. The highest BCUT2D eigenvalue weighted by molar-refractivity contribution is 8.06. The molecule has 2 rings (SSSR count). The molecule has 0 radical (unpaired) electrons. The van der Waals surface area contributed by atoms with Crippen LogP contribution in [0.25, 0.3) is 0 Å². The summed E-state index contributed by atoms with van der Waals surface area (Å²) in [5.41, 5.74) is 0. The van der Waals surface area contributed by atoms with Crippen molar-refractivity contribution in [1.29, 1.82) is 0 Å². The molecule has 4 nitrogen and oxygen atoms in total. The summed E-state index contributed by atoms with van der Waals surface area (Å²) >= 11 is 3.99. The number of thioether (sulfide) groups is 2. The Labute approximate surface area is 111 Å². The third-order valence-corrected chi connectivity index (χ3v) is 6.21. The van der Waals surface area contributed by atoms with Crippen molar-refractivity contribution in [3.05, 3.63) is 11.7 Å². The fourth-order valence-corrected chi connectivity index (χ4v) is 4.79. The first-order valence-corrected chi connectivity index (χ1v) is 8.10. The topological polar surface area (TPSA) is 51.0 Å². The minimum absolute atomic E-state index is 0.123. The van der Waals surface area contributed by atoms with E-state index in [-0.39, 0.29) is 6.04 Å². The van der Waals surface area contributed by atoms with Gasteiger partial charge in [0.25, 0.3) is 0 Å². The SMILES string of the molecule is CCC1SCCSC1c1noc(C(C)NC)n1. The zero-order valence-corrected chi connectivity index (χ0v) is 12.1. The summed E-state index contributed by atoms with van der Waals surface area (Å²) in [6.07, 6.45) is 1.16. The largest absolute Gasteiger partial charge is 0.338 e. The molecule has 2 heterocycles. The summed E-state index contributed by atoms with van der Waals surface area (Å²) in [6.45, 7) is 4.26. The first kappa shape index (κ1) is 13.2. The molecule has 0 aliphatic carbocycles. The molecule has 0 aromatic carbocycles. The lowest BCUT2D eigenvalue weighted by Gasteiger charge is -2.27. The van der Waals surface area contributed by atoms with Crippen molar-refractivity contribution < 1.29 is 4.52 Å². The van der Waals surface area contributed by atoms with E-state index in [9.17, 15) is 0 Å². The number of hydrogen-bond donors (Lipinski definition) is 1. The summed E-state index contributed by atoms with van der Waals surface area (Å²) in [7, 11) is 1.90. The van der Waals surface area contributed by atoms with E-state index in [1.54, 1.807) is 0 Å². The van der Waals surface area contributed by atoms with Gasteiger partial charge in [-0.05, 0) is 20.4 Å². The number of nitrogens with zero attached hydrogens (tertiary/aromatic N) is 2. The molecule has 6 heteroatoms. The van der Waals surface area contributed by atoms with Crippen molar-refractivity contribution in [2.75, 3.05) is 18.6 Å². The van der Waals surface area contributed by atoms with Gasteiger partial charge in [-0.25, -0.2) is 0 Å². The lowest BCUT2D eigenvalue weighted by Crippen LogP contribution is -2.19. The molecule has 1 aromatic rings. The van der Waals surface area contributed by atoms with Crippen LogP contribution in [0.15, 0.2) is 4.52 Å². The molecule has 3 unspecified atom stereocenters. The lowest BCUT2D eigenvalue weighted by atomic mass is 10.2. The van der Waals surface area contributed by atoms with Crippen molar-refractivity contribution in [2.24, 2.45) is 0 Å². The van der Waals surface area contributed by atoms with Crippen LogP contribution in [0.5, 0.6) is 0 Å². The fourth-order valence-electron chi connectivity index (χ4n) is 1.80. The Morgan fingerprint density at radius 2 is 2.24 bits per heavy atom. The van der Waals surface area contributed by atoms with Crippen LogP contribution in [0.3, 0.4) is 0 Å². The second kappa shape index (κ2) is 6.11. The summed E-state index contributed by atoms with van der Waals surface area (Å²) in [5, 5.41) is 8.27. The van der Waals surface area contributed by atoms with Crippen LogP contribution < -0.4 is 5.32 Å². The monoisotopic (exact) mass is 273 g/mol. The zero-order valence-electron chi connectivity index (χ0n) is 10.5. The predicted octanol–water partition coefficient (Wildman–Crippen LogP) is 2.65. The van der Waals surface area contributed by atoms with Crippen LogP contribution in [0.1, 0.15) is 43.3 Å². The molecule has 1 fully saturated rings. The van der Waals surface area contributed by atoms with Gasteiger partial charge < -0.3 is 9.84 Å². The average Bonchev–Trinajstić information content (AvgIpc) is 2.87. The van der Waals surface area contributed by atoms with Gasteiger partial charge in [0.1, 0.15) is 0 Å². The Bertz CT molecular complexity index is 358. The van der Waals surface area contributed by atoms with Gasteiger partial charge in [-0.1, -0.05) is 12.1 Å². The molecule has 1 N–H and O–H groups in total. The van der Waals surface area contributed by atoms with Gasteiger partial charge >= 0.3 is 0 Å². The van der Waals surface area contributed by atoms with Crippen LogP contribution in [-0.2, 0) is 0 Å². The van der Waals surface area contributed by atoms with E-state index in [0.29, 0.717) is 16.4 Å². The minimum Gasteiger partial charge on any atom is -0.338 e. The van der Waals surface area contributed by atoms with Gasteiger partial charge in [0.2, 0.25) is 5.89 Å². The normalized spacial score (nSPS) is 27.0. The van der Waals surface area contributed by atoms with E-state index in [2.05, 4.69) is 22.4 Å². The average molecular weight is 273 g/mol. The minimum atomic E-state index is 0.123. The van der Waals surface area contributed by atoms with Crippen molar-refractivity contribution in [1.82, 2.24) is 15.5 Å². The molecule has 3 atom stereocenters. The smallest absolute Gasteiger partial charge is 0.243 e. The molecule has 96 valence electrons. The van der Waals surface area contributed by atoms with Gasteiger partial charge in [-0.15, -0.1) is 11.8 Å².